The van der Waals surface area contributed by atoms with Crippen LogP contribution in [-0.2, 0) is 6.42 Å². The van der Waals surface area contributed by atoms with Gasteiger partial charge in [-0.1, -0.05) is 37.6 Å². The second-order valence-electron chi connectivity index (χ2n) is 6.77. The molecular formula is C18H28N2. The summed E-state index contributed by atoms with van der Waals surface area (Å²) in [6.07, 6.45) is 5.42. The third kappa shape index (κ3) is 2.64. The van der Waals surface area contributed by atoms with Crippen molar-refractivity contribution >= 4 is 0 Å². The smallest absolute Gasteiger partial charge is 0.0450 e. The fraction of sp³-hybridized carbons (Fsp3) is 0.667. The molecule has 1 saturated carbocycles. The van der Waals surface area contributed by atoms with Gasteiger partial charge in [-0.2, -0.15) is 0 Å². The first-order valence-electron chi connectivity index (χ1n) is 8.27. The van der Waals surface area contributed by atoms with Crippen LogP contribution >= 0.6 is 0 Å². The third-order valence-electron chi connectivity index (χ3n) is 5.62. The Bertz CT molecular complexity index is 427. The topological polar surface area (TPSA) is 29.3 Å². The third-order valence-corrected chi connectivity index (χ3v) is 5.62. The molecule has 1 aromatic carbocycles. The quantitative estimate of drug-likeness (QED) is 0.910. The minimum Gasteiger partial charge on any atom is -0.323 e. The highest BCUT2D eigenvalue weighted by molar-refractivity contribution is 5.25. The number of nitrogens with zero attached hydrogens (tertiary/aromatic N) is 1. The van der Waals surface area contributed by atoms with Crippen molar-refractivity contribution in [3.8, 4) is 0 Å². The SMILES string of the molecule is CCc1ccc(C(N)C(C)N2CC3CCCC3C2)cc1. The molecule has 2 nitrogen and oxygen atoms in total. The van der Waals surface area contributed by atoms with Crippen molar-refractivity contribution in [1.82, 2.24) is 4.90 Å². The van der Waals surface area contributed by atoms with Crippen molar-refractivity contribution in [2.24, 2.45) is 17.6 Å². The molecule has 0 bridgehead atoms. The fourth-order valence-corrected chi connectivity index (χ4v) is 4.09. The lowest BCUT2D eigenvalue weighted by atomic mass is 9.98. The minimum absolute atomic E-state index is 0.139. The molecule has 2 heteroatoms. The molecule has 2 N–H and O–H groups in total. The highest BCUT2D eigenvalue weighted by atomic mass is 15.2. The van der Waals surface area contributed by atoms with Crippen LogP contribution < -0.4 is 5.73 Å². The zero-order chi connectivity index (χ0) is 14.1. The van der Waals surface area contributed by atoms with Crippen LogP contribution in [0.4, 0.5) is 0 Å². The van der Waals surface area contributed by atoms with Gasteiger partial charge in [0.2, 0.25) is 0 Å². The van der Waals surface area contributed by atoms with Crippen LogP contribution in [-0.4, -0.2) is 24.0 Å². The average Bonchev–Trinajstić information content (AvgIpc) is 3.07. The summed E-state index contributed by atoms with van der Waals surface area (Å²) in [5.41, 5.74) is 9.20. The second-order valence-corrected chi connectivity index (χ2v) is 6.77. The first-order chi connectivity index (χ1) is 9.69. The summed E-state index contributed by atoms with van der Waals surface area (Å²) < 4.78 is 0. The largest absolute Gasteiger partial charge is 0.323 e. The standard InChI is InChI=1S/C18H28N2/c1-3-14-7-9-15(10-8-14)18(19)13(2)20-11-16-5-4-6-17(16)12-20/h7-10,13,16-18H,3-6,11-12,19H2,1-2H3. The Morgan fingerprint density at radius 2 is 1.75 bits per heavy atom. The molecule has 20 heavy (non-hydrogen) atoms. The summed E-state index contributed by atoms with van der Waals surface area (Å²) in [5.74, 6) is 1.90. The van der Waals surface area contributed by atoms with E-state index in [1.54, 1.807) is 0 Å². The van der Waals surface area contributed by atoms with Crippen molar-refractivity contribution in [3.05, 3.63) is 35.4 Å². The molecule has 0 aromatic heterocycles. The highest BCUT2D eigenvalue weighted by Crippen LogP contribution is 2.39. The van der Waals surface area contributed by atoms with E-state index in [1.807, 2.05) is 0 Å². The zero-order valence-corrected chi connectivity index (χ0v) is 12.9. The molecule has 4 unspecified atom stereocenters. The van der Waals surface area contributed by atoms with Crippen molar-refractivity contribution in [1.29, 1.82) is 0 Å². The second kappa shape index (κ2) is 5.87. The van der Waals surface area contributed by atoms with E-state index in [2.05, 4.69) is 43.0 Å². The number of hydrogen-bond acceptors (Lipinski definition) is 2. The zero-order valence-electron chi connectivity index (χ0n) is 12.9. The van der Waals surface area contributed by atoms with E-state index in [0.29, 0.717) is 6.04 Å². The molecule has 1 aromatic rings. The number of fused-ring (bicyclic) bond motifs is 1. The van der Waals surface area contributed by atoms with E-state index in [1.165, 1.54) is 43.5 Å². The molecule has 1 aliphatic carbocycles. The Balaban J connectivity index is 1.65. The predicted molar refractivity (Wildman–Crippen MR) is 84.6 cm³/mol. The van der Waals surface area contributed by atoms with E-state index >= 15 is 0 Å². The van der Waals surface area contributed by atoms with Crippen LogP contribution in [0.5, 0.6) is 0 Å². The van der Waals surface area contributed by atoms with Gasteiger partial charge in [-0.25, -0.2) is 0 Å². The van der Waals surface area contributed by atoms with Crippen LogP contribution in [0.25, 0.3) is 0 Å². The lowest BCUT2D eigenvalue weighted by Gasteiger charge is -2.30. The van der Waals surface area contributed by atoms with Gasteiger partial charge in [0.1, 0.15) is 0 Å². The Labute approximate surface area is 123 Å². The molecule has 1 heterocycles. The molecule has 0 spiro atoms. The molecule has 2 aliphatic rings. The van der Waals surface area contributed by atoms with Crippen LogP contribution in [0.2, 0.25) is 0 Å². The Morgan fingerprint density at radius 1 is 1.15 bits per heavy atom. The lowest BCUT2D eigenvalue weighted by molar-refractivity contribution is 0.211. The van der Waals surface area contributed by atoms with Crippen LogP contribution in [0, 0.1) is 11.8 Å². The molecule has 110 valence electrons. The summed E-state index contributed by atoms with van der Waals surface area (Å²) >= 11 is 0. The summed E-state index contributed by atoms with van der Waals surface area (Å²) in [5, 5.41) is 0. The van der Waals surface area contributed by atoms with Gasteiger partial charge in [0.25, 0.3) is 0 Å². The normalized spacial score (nSPS) is 29.4. The maximum atomic E-state index is 6.52. The maximum Gasteiger partial charge on any atom is 0.0450 e. The average molecular weight is 272 g/mol. The number of benzene rings is 1. The summed E-state index contributed by atoms with van der Waals surface area (Å²) in [6.45, 7) is 7.04. The van der Waals surface area contributed by atoms with Gasteiger partial charge in [0.15, 0.2) is 0 Å². The molecular weight excluding hydrogens is 244 g/mol. The van der Waals surface area contributed by atoms with Crippen molar-refractivity contribution in [2.45, 2.75) is 51.6 Å². The maximum absolute atomic E-state index is 6.52. The van der Waals surface area contributed by atoms with Gasteiger partial charge in [-0.15, -0.1) is 0 Å². The number of likely N-dealkylation sites (tertiary alicyclic amines) is 1. The summed E-state index contributed by atoms with van der Waals surface area (Å²) in [7, 11) is 0. The lowest BCUT2D eigenvalue weighted by Crippen LogP contribution is -2.39. The van der Waals surface area contributed by atoms with Crippen molar-refractivity contribution in [3.63, 3.8) is 0 Å². The molecule has 1 saturated heterocycles. The number of rotatable bonds is 4. The number of aryl methyl sites for hydroxylation is 1. The van der Waals surface area contributed by atoms with Crippen molar-refractivity contribution in [2.75, 3.05) is 13.1 Å². The van der Waals surface area contributed by atoms with Gasteiger partial charge >= 0.3 is 0 Å². The number of nitrogens with two attached hydrogens (primary N) is 1. The van der Waals surface area contributed by atoms with E-state index in [0.717, 1.165) is 18.3 Å². The molecule has 4 atom stereocenters. The van der Waals surface area contributed by atoms with Crippen LogP contribution in [0.1, 0.15) is 50.3 Å². The molecule has 3 rings (SSSR count). The molecule has 1 aliphatic heterocycles. The van der Waals surface area contributed by atoms with E-state index < -0.39 is 0 Å². The van der Waals surface area contributed by atoms with E-state index in [9.17, 15) is 0 Å². The van der Waals surface area contributed by atoms with Gasteiger partial charge < -0.3 is 5.73 Å². The van der Waals surface area contributed by atoms with Gasteiger partial charge in [0.05, 0.1) is 0 Å². The van der Waals surface area contributed by atoms with Crippen LogP contribution in [0.3, 0.4) is 0 Å². The van der Waals surface area contributed by atoms with Crippen LogP contribution in [0.15, 0.2) is 24.3 Å². The van der Waals surface area contributed by atoms with Gasteiger partial charge in [-0.05, 0) is 49.1 Å². The molecule has 2 fully saturated rings. The van der Waals surface area contributed by atoms with Gasteiger partial charge in [-0.3, -0.25) is 4.90 Å². The Kier molecular flexibility index (Phi) is 4.13. The first-order valence-corrected chi connectivity index (χ1v) is 8.27. The molecule has 0 amide bonds. The Morgan fingerprint density at radius 3 is 2.30 bits per heavy atom. The summed E-state index contributed by atoms with van der Waals surface area (Å²) in [4.78, 5) is 2.63. The highest BCUT2D eigenvalue weighted by Gasteiger charge is 2.38. The fourth-order valence-electron chi connectivity index (χ4n) is 4.09. The summed E-state index contributed by atoms with van der Waals surface area (Å²) in [6, 6.07) is 9.47. The molecule has 0 radical (unpaired) electrons. The first kappa shape index (κ1) is 14.1. The monoisotopic (exact) mass is 272 g/mol. The van der Waals surface area contributed by atoms with E-state index in [-0.39, 0.29) is 6.04 Å². The van der Waals surface area contributed by atoms with Crippen molar-refractivity contribution < 1.29 is 0 Å². The minimum atomic E-state index is 0.139. The Hall–Kier alpha value is -0.860. The number of hydrogen-bond donors (Lipinski definition) is 1. The van der Waals surface area contributed by atoms with E-state index in [4.69, 9.17) is 5.73 Å². The van der Waals surface area contributed by atoms with Gasteiger partial charge in [0, 0.05) is 25.2 Å². The predicted octanol–water partition coefficient (Wildman–Crippen LogP) is 3.37.